The standard InChI is InChI=1S/C23H29N5O3S/c1-2-3-8-28-22(30)20(27(23(28)32)10-9-26-11-13-31-14-12-26)16-21(29)25-18-5-4-17-6-7-24-19(17)15-18/h2,4-7,15,20,24H,1,3,8-14,16H2,(H,25,29). The number of thiocarbonyl (C=S) groups is 1. The molecule has 9 heteroatoms. The number of carbonyl (C=O) groups excluding carboxylic acids is 2. The molecule has 170 valence electrons. The van der Waals surface area contributed by atoms with E-state index in [4.69, 9.17) is 17.0 Å². The van der Waals surface area contributed by atoms with Gasteiger partial charge in [0.1, 0.15) is 6.04 Å². The van der Waals surface area contributed by atoms with E-state index in [0.717, 1.165) is 30.5 Å². The van der Waals surface area contributed by atoms with E-state index >= 15 is 0 Å². The first-order valence-electron chi connectivity index (χ1n) is 11.0. The van der Waals surface area contributed by atoms with Gasteiger partial charge in [0, 0.05) is 50.1 Å². The molecule has 0 radical (unpaired) electrons. The molecule has 32 heavy (non-hydrogen) atoms. The Labute approximate surface area is 193 Å². The molecule has 2 amide bonds. The molecule has 1 atom stereocenters. The summed E-state index contributed by atoms with van der Waals surface area (Å²) in [6.07, 6.45) is 4.33. The number of carbonyl (C=O) groups is 2. The number of morpholine rings is 1. The minimum Gasteiger partial charge on any atom is -0.379 e. The highest BCUT2D eigenvalue weighted by Crippen LogP contribution is 2.23. The van der Waals surface area contributed by atoms with Crippen molar-refractivity contribution < 1.29 is 14.3 Å². The predicted molar refractivity (Wildman–Crippen MR) is 128 cm³/mol. The highest BCUT2D eigenvalue weighted by molar-refractivity contribution is 7.80. The number of aromatic amines is 1. The van der Waals surface area contributed by atoms with Crippen molar-refractivity contribution in [3.63, 3.8) is 0 Å². The van der Waals surface area contributed by atoms with Crippen LogP contribution in [-0.2, 0) is 14.3 Å². The van der Waals surface area contributed by atoms with Gasteiger partial charge in [-0.25, -0.2) is 0 Å². The Morgan fingerprint density at radius 3 is 2.84 bits per heavy atom. The molecule has 1 aromatic carbocycles. The molecule has 0 aliphatic carbocycles. The maximum atomic E-state index is 13.2. The summed E-state index contributed by atoms with van der Waals surface area (Å²) in [4.78, 5) is 35.0. The first kappa shape index (κ1) is 22.4. The van der Waals surface area contributed by atoms with Gasteiger partial charge in [-0.2, -0.15) is 0 Å². The maximum Gasteiger partial charge on any atom is 0.252 e. The number of ether oxygens (including phenoxy) is 1. The van der Waals surface area contributed by atoms with Gasteiger partial charge in [-0.1, -0.05) is 12.1 Å². The van der Waals surface area contributed by atoms with Gasteiger partial charge in [-0.3, -0.25) is 19.4 Å². The maximum absolute atomic E-state index is 13.2. The van der Waals surface area contributed by atoms with Crippen molar-refractivity contribution in [2.45, 2.75) is 18.9 Å². The minimum absolute atomic E-state index is 0.0510. The zero-order valence-corrected chi connectivity index (χ0v) is 18.9. The molecule has 2 aliphatic rings. The number of benzene rings is 1. The van der Waals surface area contributed by atoms with E-state index < -0.39 is 6.04 Å². The van der Waals surface area contributed by atoms with E-state index in [9.17, 15) is 9.59 Å². The Bertz CT molecular complexity index is 1000. The van der Waals surface area contributed by atoms with Crippen LogP contribution in [0.15, 0.2) is 43.1 Å². The molecule has 4 rings (SSSR count). The molecule has 2 N–H and O–H groups in total. The molecule has 0 spiro atoms. The third-order valence-electron chi connectivity index (χ3n) is 5.94. The predicted octanol–water partition coefficient (Wildman–Crippen LogP) is 2.20. The number of amides is 2. The van der Waals surface area contributed by atoms with Crippen LogP contribution in [0.3, 0.4) is 0 Å². The average Bonchev–Trinajstić information content (AvgIpc) is 3.34. The fourth-order valence-electron chi connectivity index (χ4n) is 4.16. The Hall–Kier alpha value is -2.75. The van der Waals surface area contributed by atoms with Gasteiger partial charge in [0.05, 0.1) is 19.6 Å². The molecule has 2 saturated heterocycles. The van der Waals surface area contributed by atoms with Crippen molar-refractivity contribution in [3.8, 4) is 0 Å². The highest BCUT2D eigenvalue weighted by Gasteiger charge is 2.42. The van der Waals surface area contributed by atoms with Crippen molar-refractivity contribution in [1.29, 1.82) is 0 Å². The lowest BCUT2D eigenvalue weighted by molar-refractivity contribution is -0.130. The van der Waals surface area contributed by atoms with Gasteiger partial charge in [-0.15, -0.1) is 6.58 Å². The topological polar surface area (TPSA) is 80.9 Å². The van der Waals surface area contributed by atoms with Crippen LogP contribution in [0, 0.1) is 0 Å². The van der Waals surface area contributed by atoms with E-state index in [1.807, 2.05) is 35.4 Å². The van der Waals surface area contributed by atoms with Gasteiger partial charge in [-0.05, 0) is 42.2 Å². The number of H-pyrrole nitrogens is 1. The summed E-state index contributed by atoms with van der Waals surface area (Å²) in [5, 5.41) is 4.50. The molecular weight excluding hydrogens is 426 g/mol. The fraction of sp³-hybridized carbons (Fsp3) is 0.435. The third kappa shape index (κ3) is 5.01. The van der Waals surface area contributed by atoms with Crippen molar-refractivity contribution >= 4 is 45.7 Å². The fourth-order valence-corrected chi connectivity index (χ4v) is 4.56. The molecule has 0 saturated carbocycles. The SMILES string of the molecule is C=CCCN1C(=O)C(CC(=O)Nc2ccc3cc[nH]c3c2)N(CCN2CCOCC2)C1=S. The van der Waals surface area contributed by atoms with E-state index in [1.54, 1.807) is 11.0 Å². The molecule has 2 aliphatic heterocycles. The summed E-state index contributed by atoms with van der Waals surface area (Å²) < 4.78 is 5.42. The molecule has 2 fully saturated rings. The largest absolute Gasteiger partial charge is 0.379 e. The summed E-state index contributed by atoms with van der Waals surface area (Å²) in [6.45, 7) is 8.75. The lowest BCUT2D eigenvalue weighted by Gasteiger charge is -2.30. The highest BCUT2D eigenvalue weighted by atomic mass is 32.1. The zero-order chi connectivity index (χ0) is 22.5. The Kier molecular flexibility index (Phi) is 7.19. The van der Waals surface area contributed by atoms with Crippen LogP contribution in [0.5, 0.6) is 0 Å². The van der Waals surface area contributed by atoms with E-state index in [2.05, 4.69) is 21.8 Å². The smallest absolute Gasteiger partial charge is 0.252 e. The summed E-state index contributed by atoms with van der Waals surface area (Å²) in [5.41, 5.74) is 1.64. The van der Waals surface area contributed by atoms with Gasteiger partial charge in [0.15, 0.2) is 5.11 Å². The molecule has 3 heterocycles. The molecular formula is C23H29N5O3S. The second-order valence-electron chi connectivity index (χ2n) is 8.05. The number of rotatable bonds is 9. The number of anilines is 1. The average molecular weight is 456 g/mol. The number of nitrogens with one attached hydrogen (secondary N) is 2. The first-order chi connectivity index (χ1) is 15.6. The van der Waals surface area contributed by atoms with E-state index in [0.29, 0.717) is 43.5 Å². The number of fused-ring (bicyclic) bond motifs is 1. The lowest BCUT2D eigenvalue weighted by atomic mass is 10.1. The van der Waals surface area contributed by atoms with Crippen LogP contribution < -0.4 is 5.32 Å². The zero-order valence-electron chi connectivity index (χ0n) is 18.1. The number of aromatic nitrogens is 1. The van der Waals surface area contributed by atoms with Crippen molar-refractivity contribution in [2.24, 2.45) is 0 Å². The quantitative estimate of drug-likeness (QED) is 0.446. The lowest BCUT2D eigenvalue weighted by Crippen LogP contribution is -2.45. The molecule has 1 aromatic heterocycles. The Balaban J connectivity index is 1.44. The second-order valence-corrected chi connectivity index (χ2v) is 8.41. The van der Waals surface area contributed by atoms with Crippen LogP contribution in [0.25, 0.3) is 10.9 Å². The minimum atomic E-state index is -0.595. The van der Waals surface area contributed by atoms with Gasteiger partial charge in [0.25, 0.3) is 5.91 Å². The van der Waals surface area contributed by atoms with Gasteiger partial charge in [0.2, 0.25) is 5.91 Å². The summed E-state index contributed by atoms with van der Waals surface area (Å²) in [6, 6.07) is 7.08. The van der Waals surface area contributed by atoms with Crippen LogP contribution >= 0.6 is 12.2 Å². The van der Waals surface area contributed by atoms with Crippen molar-refractivity contribution in [2.75, 3.05) is 51.3 Å². The third-order valence-corrected chi connectivity index (χ3v) is 6.39. The van der Waals surface area contributed by atoms with Gasteiger partial charge >= 0.3 is 0 Å². The second kappa shape index (κ2) is 10.2. The van der Waals surface area contributed by atoms with Crippen molar-refractivity contribution in [1.82, 2.24) is 19.7 Å². The van der Waals surface area contributed by atoms with Crippen molar-refractivity contribution in [3.05, 3.63) is 43.1 Å². The van der Waals surface area contributed by atoms with Crippen LogP contribution in [-0.4, -0.2) is 88.6 Å². The summed E-state index contributed by atoms with van der Waals surface area (Å²) in [5.74, 6) is -0.326. The van der Waals surface area contributed by atoms with Crippen LogP contribution in [0.2, 0.25) is 0 Å². The molecule has 1 unspecified atom stereocenters. The Morgan fingerprint density at radius 1 is 1.25 bits per heavy atom. The number of hydrogen-bond donors (Lipinski definition) is 2. The van der Waals surface area contributed by atoms with Crippen LogP contribution in [0.1, 0.15) is 12.8 Å². The van der Waals surface area contributed by atoms with Crippen LogP contribution in [0.4, 0.5) is 5.69 Å². The van der Waals surface area contributed by atoms with E-state index in [-0.39, 0.29) is 18.2 Å². The number of nitrogens with zero attached hydrogens (tertiary/aromatic N) is 3. The summed E-state index contributed by atoms with van der Waals surface area (Å²) >= 11 is 5.64. The normalized spacial score (nSPS) is 19.7. The van der Waals surface area contributed by atoms with Gasteiger partial charge < -0.3 is 19.9 Å². The summed E-state index contributed by atoms with van der Waals surface area (Å²) in [7, 11) is 0. The molecule has 0 bridgehead atoms. The molecule has 8 nitrogen and oxygen atoms in total. The number of hydrogen-bond acceptors (Lipinski definition) is 5. The first-order valence-corrected chi connectivity index (χ1v) is 11.4. The molecule has 2 aromatic rings. The monoisotopic (exact) mass is 455 g/mol. The Morgan fingerprint density at radius 2 is 2.06 bits per heavy atom. The van der Waals surface area contributed by atoms with E-state index in [1.165, 1.54) is 0 Å².